The molecule has 0 bridgehead atoms. The Labute approximate surface area is 137 Å². The molecule has 24 heavy (non-hydrogen) atoms. The fraction of sp³-hybridized carbons (Fsp3) is 0.333. The molecule has 8 nitrogen and oxygen atoms in total. The summed E-state index contributed by atoms with van der Waals surface area (Å²) in [5.74, 6) is -1.98. The molecule has 12 heteroatoms. The van der Waals surface area contributed by atoms with Crippen LogP contribution >= 0.6 is 11.8 Å². The van der Waals surface area contributed by atoms with Crippen molar-refractivity contribution in [2.24, 2.45) is 5.73 Å². The zero-order chi connectivity index (χ0) is 18.2. The highest BCUT2D eigenvalue weighted by Crippen LogP contribution is 2.48. The molecule has 1 aliphatic heterocycles. The van der Waals surface area contributed by atoms with Gasteiger partial charge in [-0.2, -0.15) is 13.2 Å². The largest absolute Gasteiger partial charge is 0.432 e. The number of allylic oxidation sites excluding steroid dienone is 1. The summed E-state index contributed by atoms with van der Waals surface area (Å²) in [4.78, 5) is 25.2. The molecule has 1 unspecified atom stereocenters. The summed E-state index contributed by atoms with van der Waals surface area (Å²) in [6.45, 7) is 1.62. The number of halogens is 3. The number of nitrogen functional groups attached to an aromatic ring is 1. The Morgan fingerprint density at radius 3 is 2.54 bits per heavy atom. The Morgan fingerprint density at radius 2 is 2.12 bits per heavy atom. The van der Waals surface area contributed by atoms with Crippen LogP contribution in [-0.2, 0) is 4.79 Å². The molecular weight excluding hydrogens is 351 g/mol. The van der Waals surface area contributed by atoms with Gasteiger partial charge >= 0.3 is 11.9 Å². The number of aromatic nitrogens is 1. The Morgan fingerprint density at radius 1 is 1.50 bits per heavy atom. The lowest BCUT2D eigenvalue weighted by Crippen LogP contribution is -2.35. The smallest absolute Gasteiger partial charge is 0.378 e. The first kappa shape index (κ1) is 17.8. The average molecular weight is 363 g/mol. The fourth-order valence-electron chi connectivity index (χ4n) is 2.21. The SMILES string of the molecule is CCC1SC(C(N)=O)=C(C(F)(F)F)N1c1ccc([N+](=O)[O-])c(N)n1. The van der Waals surface area contributed by atoms with Gasteiger partial charge in [0, 0.05) is 6.07 Å². The number of carbonyl (C=O) groups is 1. The molecule has 2 rings (SSSR count). The molecule has 130 valence electrons. The van der Waals surface area contributed by atoms with Crippen LogP contribution in [0.25, 0.3) is 0 Å². The summed E-state index contributed by atoms with van der Waals surface area (Å²) in [6, 6.07) is 2.01. The molecule has 1 aliphatic rings. The summed E-state index contributed by atoms with van der Waals surface area (Å²) in [6.07, 6.45) is -4.63. The predicted octanol–water partition coefficient (Wildman–Crippen LogP) is 2.12. The minimum absolute atomic E-state index is 0.236. The highest BCUT2D eigenvalue weighted by Gasteiger charge is 2.49. The van der Waals surface area contributed by atoms with E-state index in [9.17, 15) is 28.1 Å². The molecule has 0 saturated heterocycles. The summed E-state index contributed by atoms with van der Waals surface area (Å²) in [5.41, 5.74) is 8.74. The number of carbonyl (C=O) groups excluding carboxylic acids is 1. The number of hydrogen-bond acceptors (Lipinski definition) is 7. The van der Waals surface area contributed by atoms with Crippen LogP contribution in [0.1, 0.15) is 13.3 Å². The van der Waals surface area contributed by atoms with E-state index in [1.807, 2.05) is 0 Å². The highest BCUT2D eigenvalue weighted by atomic mass is 32.2. The van der Waals surface area contributed by atoms with Crippen LogP contribution in [0.4, 0.5) is 30.5 Å². The number of thioether (sulfide) groups is 1. The van der Waals surface area contributed by atoms with E-state index >= 15 is 0 Å². The second-order valence-corrected chi connectivity index (χ2v) is 5.91. The van der Waals surface area contributed by atoms with E-state index in [-0.39, 0.29) is 12.2 Å². The van der Waals surface area contributed by atoms with Crippen molar-refractivity contribution in [3.05, 3.63) is 32.8 Å². The van der Waals surface area contributed by atoms with Gasteiger partial charge in [-0.25, -0.2) is 4.98 Å². The third-order valence-electron chi connectivity index (χ3n) is 3.17. The predicted molar refractivity (Wildman–Crippen MR) is 81.7 cm³/mol. The van der Waals surface area contributed by atoms with E-state index in [0.717, 1.165) is 17.0 Å². The number of primary amides is 1. The van der Waals surface area contributed by atoms with Gasteiger partial charge in [-0.05, 0) is 12.5 Å². The minimum Gasteiger partial charge on any atom is -0.378 e. The highest BCUT2D eigenvalue weighted by molar-refractivity contribution is 8.05. The third-order valence-corrected chi connectivity index (χ3v) is 4.62. The molecule has 1 atom stereocenters. The summed E-state index contributed by atoms with van der Waals surface area (Å²) >= 11 is 0.669. The molecule has 0 radical (unpaired) electrons. The lowest BCUT2D eigenvalue weighted by atomic mass is 10.2. The Bertz CT molecular complexity index is 737. The number of amides is 1. The maximum absolute atomic E-state index is 13.4. The van der Waals surface area contributed by atoms with Crippen molar-refractivity contribution in [1.82, 2.24) is 4.98 Å². The van der Waals surface area contributed by atoms with Crippen LogP contribution in [0, 0.1) is 10.1 Å². The van der Waals surface area contributed by atoms with Crippen LogP contribution in [0.15, 0.2) is 22.7 Å². The zero-order valence-electron chi connectivity index (χ0n) is 12.2. The van der Waals surface area contributed by atoms with Gasteiger partial charge in [0.05, 0.1) is 10.3 Å². The molecule has 0 saturated carbocycles. The van der Waals surface area contributed by atoms with Gasteiger partial charge in [-0.1, -0.05) is 18.7 Å². The monoisotopic (exact) mass is 363 g/mol. The molecular formula is C12H12F3N5O3S. The van der Waals surface area contributed by atoms with Gasteiger partial charge in [0.1, 0.15) is 16.4 Å². The molecule has 0 aromatic carbocycles. The van der Waals surface area contributed by atoms with Crippen molar-refractivity contribution >= 4 is 35.0 Å². The lowest BCUT2D eigenvalue weighted by Gasteiger charge is -2.28. The standard InChI is InChI=1S/C12H12F3N5O3S/c1-2-7-19(6-4-3-5(20(22)23)10(16)18-6)9(12(13,14)15)8(24-7)11(17)21/h3-4,7H,2H2,1H3,(H2,16,18)(H2,17,21). The maximum Gasteiger partial charge on any atom is 0.432 e. The number of nitrogens with zero attached hydrogens (tertiary/aromatic N) is 3. The maximum atomic E-state index is 13.4. The fourth-order valence-corrected chi connectivity index (χ4v) is 3.41. The first-order valence-corrected chi connectivity index (χ1v) is 7.44. The van der Waals surface area contributed by atoms with Crippen LogP contribution < -0.4 is 16.4 Å². The average Bonchev–Trinajstić information content (AvgIpc) is 2.86. The molecule has 1 aromatic rings. The Balaban J connectivity index is 2.62. The Hall–Kier alpha value is -2.50. The number of pyridine rings is 1. The minimum atomic E-state index is -4.86. The molecule has 2 heterocycles. The van der Waals surface area contributed by atoms with E-state index < -0.39 is 44.5 Å². The lowest BCUT2D eigenvalue weighted by molar-refractivity contribution is -0.384. The van der Waals surface area contributed by atoms with Crippen molar-refractivity contribution in [3.8, 4) is 0 Å². The Kier molecular flexibility index (Phi) is 4.60. The summed E-state index contributed by atoms with van der Waals surface area (Å²) < 4.78 is 40.3. The molecule has 4 N–H and O–H groups in total. The van der Waals surface area contributed by atoms with Crippen molar-refractivity contribution in [2.45, 2.75) is 24.9 Å². The topological polar surface area (TPSA) is 128 Å². The number of nitrogens with two attached hydrogens (primary N) is 2. The van der Waals surface area contributed by atoms with Crippen molar-refractivity contribution < 1.29 is 22.9 Å². The number of hydrogen-bond donors (Lipinski definition) is 2. The van der Waals surface area contributed by atoms with Crippen LogP contribution in [-0.4, -0.2) is 27.4 Å². The summed E-state index contributed by atoms with van der Waals surface area (Å²) in [5, 5.41) is 9.96. The van der Waals surface area contributed by atoms with Crippen LogP contribution in [0.2, 0.25) is 0 Å². The van der Waals surface area contributed by atoms with Gasteiger partial charge in [0.15, 0.2) is 0 Å². The number of anilines is 2. The number of rotatable bonds is 4. The van der Waals surface area contributed by atoms with E-state index in [0.29, 0.717) is 11.8 Å². The van der Waals surface area contributed by atoms with E-state index in [1.54, 1.807) is 6.92 Å². The quantitative estimate of drug-likeness (QED) is 0.619. The first-order valence-electron chi connectivity index (χ1n) is 6.56. The molecule has 0 fully saturated rings. The second-order valence-electron chi connectivity index (χ2n) is 4.72. The van der Waals surface area contributed by atoms with Gasteiger partial charge in [-0.3, -0.25) is 14.9 Å². The van der Waals surface area contributed by atoms with Crippen molar-refractivity contribution in [2.75, 3.05) is 10.6 Å². The number of alkyl halides is 3. The van der Waals surface area contributed by atoms with Crippen LogP contribution in [0.5, 0.6) is 0 Å². The van der Waals surface area contributed by atoms with Gasteiger partial charge in [-0.15, -0.1) is 0 Å². The van der Waals surface area contributed by atoms with Gasteiger partial charge in [0.2, 0.25) is 5.82 Å². The number of nitro groups is 1. The third kappa shape index (κ3) is 3.09. The molecule has 0 spiro atoms. The van der Waals surface area contributed by atoms with Crippen molar-refractivity contribution in [3.63, 3.8) is 0 Å². The summed E-state index contributed by atoms with van der Waals surface area (Å²) in [7, 11) is 0. The normalized spacial score (nSPS) is 18.2. The molecule has 0 aliphatic carbocycles. The molecule has 1 amide bonds. The van der Waals surface area contributed by atoms with Gasteiger partial charge < -0.3 is 16.4 Å². The first-order chi connectivity index (χ1) is 11.1. The van der Waals surface area contributed by atoms with E-state index in [4.69, 9.17) is 11.5 Å². The van der Waals surface area contributed by atoms with E-state index in [2.05, 4.69) is 4.98 Å². The second kappa shape index (κ2) is 6.19. The van der Waals surface area contributed by atoms with Crippen LogP contribution in [0.3, 0.4) is 0 Å². The van der Waals surface area contributed by atoms with Crippen molar-refractivity contribution in [1.29, 1.82) is 0 Å². The van der Waals surface area contributed by atoms with E-state index in [1.165, 1.54) is 0 Å². The van der Waals surface area contributed by atoms with Gasteiger partial charge in [0.25, 0.3) is 5.91 Å². The zero-order valence-corrected chi connectivity index (χ0v) is 13.0. The molecule has 1 aromatic heterocycles.